The normalized spacial score (nSPS) is 14.5. The fourth-order valence-corrected chi connectivity index (χ4v) is 9.99. The maximum atomic E-state index is 13.1. The van der Waals surface area contributed by atoms with Crippen molar-refractivity contribution >= 4 is 52.6 Å². The number of ether oxygens (including phenoxy) is 5. The number of ketones is 1. The van der Waals surface area contributed by atoms with Crippen LogP contribution in [0.5, 0.6) is 5.88 Å². The highest BCUT2D eigenvalue weighted by Crippen LogP contribution is 2.36. The second kappa shape index (κ2) is 37.5. The summed E-state index contributed by atoms with van der Waals surface area (Å²) in [5, 5.41) is 19.3. The van der Waals surface area contributed by atoms with Crippen molar-refractivity contribution in [3.63, 3.8) is 0 Å². The first-order valence-electron chi connectivity index (χ1n) is 31.0. The van der Waals surface area contributed by atoms with Crippen molar-refractivity contribution in [1.29, 1.82) is 0 Å². The Hall–Kier alpha value is -9.06. The number of unbranched alkanes of at least 4 members (excludes halogenated alkanes) is 4. The lowest BCUT2D eigenvalue weighted by Gasteiger charge is -2.30. The van der Waals surface area contributed by atoms with E-state index in [-0.39, 0.29) is 91.0 Å². The molecule has 6 amide bonds. The van der Waals surface area contributed by atoms with Crippen LogP contribution in [0.2, 0.25) is 0 Å². The predicted molar refractivity (Wildman–Crippen MR) is 339 cm³/mol. The number of benzene rings is 3. The van der Waals surface area contributed by atoms with E-state index in [9.17, 15) is 46.7 Å². The number of azide groups is 1. The minimum absolute atomic E-state index is 0.0240. The van der Waals surface area contributed by atoms with E-state index >= 15 is 0 Å². The van der Waals surface area contributed by atoms with Crippen LogP contribution in [0.1, 0.15) is 145 Å². The maximum absolute atomic E-state index is 13.1. The lowest BCUT2D eigenvalue weighted by atomic mass is 9.95. The van der Waals surface area contributed by atoms with Gasteiger partial charge in [-0.05, 0) is 119 Å². The lowest BCUT2D eigenvalue weighted by Crippen LogP contribution is -2.54. The zero-order chi connectivity index (χ0) is 67.3. The van der Waals surface area contributed by atoms with Crippen LogP contribution in [-0.4, -0.2) is 150 Å². The highest BCUT2D eigenvalue weighted by molar-refractivity contribution is 6.26. The number of nitrogens with one attached hydrogen (secondary N) is 3. The van der Waals surface area contributed by atoms with E-state index in [0.717, 1.165) is 70.9 Å². The number of imide groups is 2. The smallest absolute Gasteiger partial charge is 0.416 e. The van der Waals surface area contributed by atoms with Crippen molar-refractivity contribution in [3.05, 3.63) is 129 Å². The molecule has 2 saturated heterocycles. The zero-order valence-electron chi connectivity index (χ0n) is 53.1. The average molecular weight is 1290 g/mol. The predicted octanol–water partition coefficient (Wildman–Crippen LogP) is 9.57. The van der Waals surface area contributed by atoms with Crippen LogP contribution in [-0.2, 0) is 63.9 Å². The number of pyridine rings is 1. The van der Waals surface area contributed by atoms with Gasteiger partial charge in [0.05, 0.1) is 74.3 Å². The van der Waals surface area contributed by atoms with Crippen molar-refractivity contribution < 1.29 is 70.4 Å². The number of morpholine rings is 1. The molecule has 5 heterocycles. The van der Waals surface area contributed by atoms with Crippen LogP contribution >= 0.6 is 0 Å². The van der Waals surface area contributed by atoms with Crippen molar-refractivity contribution in [3.8, 4) is 29.4 Å². The van der Waals surface area contributed by atoms with Gasteiger partial charge >= 0.3 is 6.18 Å². The van der Waals surface area contributed by atoms with E-state index in [1.54, 1.807) is 12.3 Å². The largest absolute Gasteiger partial charge is 0.474 e. The Morgan fingerprint density at radius 2 is 1.62 bits per heavy atom. The van der Waals surface area contributed by atoms with E-state index in [1.807, 2.05) is 69.8 Å². The van der Waals surface area contributed by atoms with Gasteiger partial charge in [-0.15, -0.1) is 11.5 Å². The summed E-state index contributed by atoms with van der Waals surface area (Å²) in [6, 6.07) is 15.8. The second-order valence-electron chi connectivity index (χ2n) is 22.5. The van der Waals surface area contributed by atoms with Gasteiger partial charge in [0.15, 0.2) is 5.78 Å². The van der Waals surface area contributed by atoms with E-state index in [1.165, 1.54) is 24.3 Å². The Kier molecular flexibility index (Phi) is 29.4. The number of amides is 6. The molecular formula is C66H81F3N12O12. The Labute approximate surface area is 538 Å². The highest BCUT2D eigenvalue weighted by atomic mass is 19.4. The lowest BCUT2D eigenvalue weighted by molar-refractivity contribution is -0.138. The number of nitrogens with zero attached hydrogens (tertiary/aromatic N) is 9. The molecule has 0 spiro atoms. The fourth-order valence-electron chi connectivity index (χ4n) is 9.99. The molecule has 1 atom stereocenters. The maximum Gasteiger partial charge on any atom is 0.416 e. The van der Waals surface area contributed by atoms with Gasteiger partial charge in [-0.2, -0.15) is 13.2 Å². The van der Waals surface area contributed by atoms with Gasteiger partial charge in [0.25, 0.3) is 11.8 Å². The van der Waals surface area contributed by atoms with Gasteiger partial charge < -0.3 is 39.2 Å². The number of carbonyl (C=O) groups excluding carboxylic acids is 7. The standard InChI is InChI=1S/C30H29F3N2O4.C19H20N6O5.C17H32N4O3/c1-3-11-37-14-15-39-29-27(35-9-12-38-13-10-35)19-24(20-34-29)26-16-22(8-7-21(26)2)17-28(36)23-5-4-6-25(18-23)30(31,32)33;20-24-21-10-3-1-2-7-14(26)22-12-6-4-5-11-16(12)19(30)25(18(11)29)13-8-9-15(27)23-17(13)28;1-14(2)18-17(22)8-6-5-7-9-21-12-16(19-20-21)13-23-10-11-24-15(3)4/h1,4-8,16,18-20H,9-15,17H2,2H3;4-6,13H,1-3,7-10H2,(H,22,26)(H,23,27,28);12,14-15H,5-11,13H2,1-4H3,(H,18,22). The molecule has 93 heavy (non-hydrogen) atoms. The van der Waals surface area contributed by atoms with Crippen molar-refractivity contribution in [1.82, 2.24) is 35.5 Å². The number of Topliss-reactive ketones (excluding diaryl/α,β-unsaturated/α-hetero) is 1. The van der Waals surface area contributed by atoms with E-state index < -0.39 is 41.4 Å². The summed E-state index contributed by atoms with van der Waals surface area (Å²) in [7, 11) is 0. The summed E-state index contributed by atoms with van der Waals surface area (Å²) in [6.07, 6.45) is 10.3. The van der Waals surface area contributed by atoms with Crippen molar-refractivity contribution in [2.24, 2.45) is 5.11 Å². The van der Waals surface area contributed by atoms with E-state index in [2.05, 4.69) is 52.1 Å². The molecule has 3 aromatic carbocycles. The number of aromatic nitrogens is 4. The van der Waals surface area contributed by atoms with E-state index in [4.69, 9.17) is 35.6 Å². The Bertz CT molecular complexity index is 3450. The quantitative estimate of drug-likeness (QED) is 0.00707. The van der Waals surface area contributed by atoms with Gasteiger partial charge in [-0.1, -0.05) is 65.5 Å². The monoisotopic (exact) mass is 1290 g/mol. The molecule has 2 aromatic heterocycles. The number of rotatable bonds is 31. The third-order valence-electron chi connectivity index (χ3n) is 14.5. The minimum atomic E-state index is -4.51. The Balaban J connectivity index is 0.000000229. The van der Waals surface area contributed by atoms with Gasteiger partial charge in [-0.3, -0.25) is 48.5 Å². The number of hydrogen-bond acceptors (Lipinski definition) is 17. The summed E-state index contributed by atoms with van der Waals surface area (Å²) in [4.78, 5) is 96.1. The molecule has 0 radical (unpaired) electrons. The second-order valence-corrected chi connectivity index (χ2v) is 22.5. The van der Waals surface area contributed by atoms with Crippen LogP contribution in [0.15, 0.2) is 84.2 Å². The molecule has 5 aromatic rings. The average Bonchev–Trinajstić information content (AvgIpc) is 1.63. The molecule has 27 heteroatoms. The van der Waals surface area contributed by atoms with Crippen molar-refractivity contribution in [2.45, 2.75) is 143 Å². The number of hydrogen-bond donors (Lipinski definition) is 3. The topological polar surface area (TPSA) is 301 Å². The third-order valence-corrected chi connectivity index (χ3v) is 14.5. The fraction of sp³-hybridized carbons (Fsp3) is 0.485. The number of halogens is 3. The summed E-state index contributed by atoms with van der Waals surface area (Å²) < 4.78 is 68.8. The summed E-state index contributed by atoms with van der Waals surface area (Å²) in [6.45, 7) is 16.1. The first kappa shape index (κ1) is 73.0. The molecule has 3 aliphatic heterocycles. The van der Waals surface area contributed by atoms with Gasteiger partial charge in [-0.25, -0.2) is 4.98 Å². The van der Waals surface area contributed by atoms with Gasteiger partial charge in [0.2, 0.25) is 29.5 Å². The summed E-state index contributed by atoms with van der Waals surface area (Å²) in [5.41, 5.74) is 12.8. The number of carbonyl (C=O) groups is 7. The number of alkyl halides is 3. The van der Waals surface area contributed by atoms with Crippen LogP contribution in [0.4, 0.5) is 24.5 Å². The van der Waals surface area contributed by atoms with Crippen LogP contribution < -0.4 is 25.6 Å². The molecule has 3 N–H and O–H groups in total. The third kappa shape index (κ3) is 23.5. The van der Waals surface area contributed by atoms with Crippen LogP contribution in [0.3, 0.4) is 0 Å². The molecule has 3 aliphatic rings. The number of anilines is 2. The van der Waals surface area contributed by atoms with Gasteiger partial charge in [0.1, 0.15) is 30.6 Å². The first-order valence-corrected chi connectivity index (χ1v) is 31.0. The molecule has 1 unspecified atom stereocenters. The Morgan fingerprint density at radius 1 is 0.882 bits per heavy atom. The zero-order valence-corrected chi connectivity index (χ0v) is 53.1. The van der Waals surface area contributed by atoms with Crippen LogP contribution in [0, 0.1) is 19.3 Å². The molecular weight excluding hydrogens is 1210 g/mol. The number of aryl methyl sites for hydroxylation is 2. The molecule has 2 fully saturated rings. The molecule has 0 bridgehead atoms. The van der Waals surface area contributed by atoms with Crippen LogP contribution in [0.25, 0.3) is 21.6 Å². The molecule has 0 saturated carbocycles. The van der Waals surface area contributed by atoms with Gasteiger partial charge in [0, 0.05) is 80.1 Å². The number of fused-ring (bicyclic) bond motifs is 1. The molecule has 8 rings (SSSR count). The summed E-state index contributed by atoms with van der Waals surface area (Å²) in [5.74, 6) is -0.118. The van der Waals surface area contributed by atoms with Crippen molar-refractivity contribution in [2.75, 3.05) is 76.1 Å². The minimum Gasteiger partial charge on any atom is -0.474 e. The SMILES string of the molecule is C#CCOCCOc1ncc(-c2cc(CC(=O)c3cccc(C(F)(F)F)c3)ccc2C)cc1N1CCOCC1.CC(C)NC(=O)CCCCCn1cc(COCCOC(C)C)nn1.[N-]=[N+]=NCCCCCC(=O)Nc1cccc2c1C(=O)N(C1CCC(=O)NC1=O)C2=O. The highest BCUT2D eigenvalue weighted by Gasteiger charge is 2.46. The number of piperidine rings is 1. The first-order chi connectivity index (χ1) is 44.7. The summed E-state index contributed by atoms with van der Waals surface area (Å²) >= 11 is 0. The molecule has 24 nitrogen and oxygen atoms in total. The number of terminal acetylenes is 1. The molecule has 0 aliphatic carbocycles. The molecule has 498 valence electrons. The Morgan fingerprint density at radius 3 is 2.34 bits per heavy atom. The van der Waals surface area contributed by atoms with E-state index in [0.29, 0.717) is 96.4 Å².